The quantitative estimate of drug-likeness (QED) is 0.467. The maximum atomic E-state index is 13.2. The Kier molecular flexibility index (Phi) is 8.25. The molecule has 0 saturated heterocycles. The fraction of sp³-hybridized carbons (Fsp3) is 0.269. The fourth-order valence-corrected chi connectivity index (χ4v) is 4.46. The van der Waals surface area contributed by atoms with Gasteiger partial charge in [-0.05, 0) is 48.2 Å². The van der Waals surface area contributed by atoms with Crippen LogP contribution >= 0.6 is 0 Å². The lowest BCUT2D eigenvalue weighted by atomic mass is 10.00. The summed E-state index contributed by atoms with van der Waals surface area (Å²) in [5.74, 6) is 0.549. The van der Waals surface area contributed by atoms with Gasteiger partial charge < -0.3 is 10.1 Å². The van der Waals surface area contributed by atoms with Crippen LogP contribution < -0.4 is 14.8 Å². The minimum Gasteiger partial charge on any atom is -0.481 e. The van der Waals surface area contributed by atoms with E-state index in [1.807, 2.05) is 74.5 Å². The lowest BCUT2D eigenvalue weighted by Gasteiger charge is -2.20. The monoisotopic (exact) mass is 466 g/mol. The molecule has 33 heavy (non-hydrogen) atoms. The summed E-state index contributed by atoms with van der Waals surface area (Å²) in [4.78, 5) is 12.2. The van der Waals surface area contributed by atoms with Gasteiger partial charge in [-0.1, -0.05) is 74.5 Å². The van der Waals surface area contributed by atoms with Crippen LogP contribution in [0.15, 0.2) is 89.8 Å². The molecule has 2 N–H and O–H groups in total. The van der Waals surface area contributed by atoms with Crippen molar-refractivity contribution in [2.24, 2.45) is 5.92 Å². The molecule has 7 heteroatoms. The first-order valence-electron chi connectivity index (χ1n) is 10.9. The minimum absolute atomic E-state index is 0.114. The summed E-state index contributed by atoms with van der Waals surface area (Å²) in [5.41, 5.74) is 1.68. The van der Waals surface area contributed by atoms with E-state index in [0.29, 0.717) is 18.2 Å². The molecule has 1 atom stereocenters. The molecule has 3 aromatic carbocycles. The molecule has 0 aliphatic heterocycles. The number of carbonyl (C=O) groups excluding carboxylic acids is 1. The first-order chi connectivity index (χ1) is 15.8. The van der Waals surface area contributed by atoms with Gasteiger partial charge in [-0.25, -0.2) is 8.42 Å². The van der Waals surface area contributed by atoms with Crippen LogP contribution in [-0.2, 0) is 14.8 Å². The van der Waals surface area contributed by atoms with Crippen molar-refractivity contribution in [2.75, 3.05) is 6.54 Å². The Bertz CT molecular complexity index is 1090. The van der Waals surface area contributed by atoms with E-state index in [9.17, 15) is 13.2 Å². The van der Waals surface area contributed by atoms with Gasteiger partial charge in [0, 0.05) is 6.54 Å². The third-order valence-corrected chi connectivity index (χ3v) is 6.48. The van der Waals surface area contributed by atoms with Crippen molar-refractivity contribution in [3.63, 3.8) is 0 Å². The van der Waals surface area contributed by atoms with Crippen LogP contribution in [0.2, 0.25) is 0 Å². The Labute approximate surface area is 196 Å². The molecule has 0 unspecified atom stereocenters. The summed E-state index contributed by atoms with van der Waals surface area (Å²) in [7, 11) is -3.82. The molecule has 0 bridgehead atoms. The highest BCUT2D eigenvalue weighted by Gasteiger charge is 2.23. The second-order valence-corrected chi connectivity index (χ2v) is 9.96. The zero-order chi connectivity index (χ0) is 23.8. The van der Waals surface area contributed by atoms with E-state index in [-0.39, 0.29) is 10.8 Å². The van der Waals surface area contributed by atoms with Crippen molar-refractivity contribution < 1.29 is 17.9 Å². The second-order valence-electron chi connectivity index (χ2n) is 8.25. The third-order valence-electron chi connectivity index (χ3n) is 5.04. The summed E-state index contributed by atoms with van der Waals surface area (Å²) in [6, 6.07) is 24.4. The first kappa shape index (κ1) is 24.5. The normalized spacial score (nSPS) is 12.5. The molecule has 0 aliphatic carbocycles. The SMILES string of the molecule is CC(C)CNC(=O)[C@H](C)Oc1ccc(S(=O)(=O)NC(c2ccccc2)c2ccccc2)cc1. The van der Waals surface area contributed by atoms with E-state index >= 15 is 0 Å². The number of sulfonamides is 1. The molecule has 3 aromatic rings. The van der Waals surface area contributed by atoms with Crippen molar-refractivity contribution in [3.8, 4) is 5.75 Å². The third kappa shape index (κ3) is 6.91. The Morgan fingerprint density at radius 2 is 1.33 bits per heavy atom. The Hall–Kier alpha value is -3.16. The van der Waals surface area contributed by atoms with Gasteiger partial charge in [0.25, 0.3) is 5.91 Å². The van der Waals surface area contributed by atoms with E-state index in [0.717, 1.165) is 11.1 Å². The van der Waals surface area contributed by atoms with E-state index in [1.54, 1.807) is 19.1 Å². The lowest BCUT2D eigenvalue weighted by Crippen LogP contribution is -2.38. The smallest absolute Gasteiger partial charge is 0.260 e. The van der Waals surface area contributed by atoms with Crippen LogP contribution in [0.3, 0.4) is 0 Å². The summed E-state index contributed by atoms with van der Waals surface area (Å²) >= 11 is 0. The Morgan fingerprint density at radius 1 is 0.818 bits per heavy atom. The van der Waals surface area contributed by atoms with Crippen molar-refractivity contribution in [2.45, 2.75) is 37.8 Å². The molecule has 1 amide bonds. The molecular weight excluding hydrogens is 436 g/mol. The van der Waals surface area contributed by atoms with Crippen LogP contribution in [0.25, 0.3) is 0 Å². The molecule has 0 radical (unpaired) electrons. The van der Waals surface area contributed by atoms with Gasteiger partial charge >= 0.3 is 0 Å². The standard InChI is InChI=1S/C26H30N2O4S/c1-19(2)18-27-26(29)20(3)32-23-14-16-24(17-15-23)33(30,31)28-25(21-10-6-4-7-11-21)22-12-8-5-9-13-22/h4-17,19-20,25,28H,18H2,1-3H3,(H,27,29)/t20-/m0/s1. The molecule has 6 nitrogen and oxygen atoms in total. The topological polar surface area (TPSA) is 84.5 Å². The second kappa shape index (κ2) is 11.1. The van der Waals surface area contributed by atoms with Crippen LogP contribution in [0.1, 0.15) is 37.9 Å². The van der Waals surface area contributed by atoms with Crippen LogP contribution in [0.5, 0.6) is 5.75 Å². The average molecular weight is 467 g/mol. The van der Waals surface area contributed by atoms with Crippen LogP contribution in [0, 0.1) is 5.92 Å². The van der Waals surface area contributed by atoms with E-state index in [1.165, 1.54) is 12.1 Å². The van der Waals surface area contributed by atoms with Crippen molar-refractivity contribution in [3.05, 3.63) is 96.1 Å². The Morgan fingerprint density at radius 3 is 1.82 bits per heavy atom. The zero-order valence-electron chi connectivity index (χ0n) is 19.1. The van der Waals surface area contributed by atoms with Gasteiger partial charge in [-0.3, -0.25) is 4.79 Å². The predicted octanol–water partition coefficient (Wildman–Crippen LogP) is 4.29. The highest BCUT2D eigenvalue weighted by Crippen LogP contribution is 2.25. The molecular formula is C26H30N2O4S. The first-order valence-corrected chi connectivity index (χ1v) is 12.4. The van der Waals surface area contributed by atoms with Crippen LogP contribution in [0.4, 0.5) is 0 Å². The van der Waals surface area contributed by atoms with E-state index < -0.39 is 22.2 Å². The summed E-state index contributed by atoms with van der Waals surface area (Å²) in [6.07, 6.45) is -0.690. The Balaban J connectivity index is 1.74. The van der Waals surface area contributed by atoms with Gasteiger partial charge in [0.15, 0.2) is 6.10 Å². The van der Waals surface area contributed by atoms with Gasteiger partial charge in [0.2, 0.25) is 10.0 Å². The minimum atomic E-state index is -3.82. The number of amides is 1. The van der Waals surface area contributed by atoms with E-state index in [4.69, 9.17) is 4.74 Å². The van der Waals surface area contributed by atoms with Gasteiger partial charge in [-0.2, -0.15) is 4.72 Å². The van der Waals surface area contributed by atoms with E-state index in [2.05, 4.69) is 10.0 Å². The molecule has 0 aliphatic rings. The van der Waals surface area contributed by atoms with Crippen molar-refractivity contribution in [1.82, 2.24) is 10.0 Å². The number of carbonyl (C=O) groups is 1. The number of rotatable bonds is 10. The molecule has 0 saturated carbocycles. The predicted molar refractivity (Wildman–Crippen MR) is 129 cm³/mol. The maximum Gasteiger partial charge on any atom is 0.260 e. The molecule has 0 fully saturated rings. The summed E-state index contributed by atoms with van der Waals surface area (Å²) < 4.78 is 34.8. The molecule has 0 heterocycles. The summed E-state index contributed by atoms with van der Waals surface area (Å²) in [5, 5.41) is 2.82. The van der Waals surface area contributed by atoms with Crippen molar-refractivity contribution in [1.29, 1.82) is 0 Å². The lowest BCUT2D eigenvalue weighted by molar-refractivity contribution is -0.127. The van der Waals surface area contributed by atoms with Crippen LogP contribution in [-0.4, -0.2) is 27.0 Å². The average Bonchev–Trinajstić information content (AvgIpc) is 2.82. The molecule has 0 aromatic heterocycles. The maximum absolute atomic E-state index is 13.2. The number of benzene rings is 3. The van der Waals surface area contributed by atoms with Gasteiger partial charge in [0.05, 0.1) is 10.9 Å². The zero-order valence-corrected chi connectivity index (χ0v) is 19.9. The highest BCUT2D eigenvalue weighted by molar-refractivity contribution is 7.89. The largest absolute Gasteiger partial charge is 0.481 e. The number of hydrogen-bond acceptors (Lipinski definition) is 4. The van der Waals surface area contributed by atoms with Gasteiger partial charge in [0.1, 0.15) is 5.75 Å². The fourth-order valence-electron chi connectivity index (χ4n) is 3.25. The van der Waals surface area contributed by atoms with Crippen molar-refractivity contribution >= 4 is 15.9 Å². The number of nitrogens with one attached hydrogen (secondary N) is 2. The molecule has 0 spiro atoms. The highest BCUT2D eigenvalue weighted by atomic mass is 32.2. The molecule has 3 rings (SSSR count). The summed E-state index contributed by atoms with van der Waals surface area (Å²) in [6.45, 7) is 6.25. The number of hydrogen-bond donors (Lipinski definition) is 2. The van der Waals surface area contributed by atoms with Gasteiger partial charge in [-0.15, -0.1) is 0 Å². The number of ether oxygens (including phenoxy) is 1. The molecule has 174 valence electrons.